The van der Waals surface area contributed by atoms with Crippen molar-refractivity contribution >= 4 is 132 Å². The Kier molecular flexibility index (Phi) is 15.0. The predicted molar refractivity (Wildman–Crippen MR) is 504 cm³/mol. The average Bonchev–Trinajstić information content (AvgIpc) is 1.55. The van der Waals surface area contributed by atoms with E-state index in [-0.39, 0.29) is 21.7 Å². The molecule has 0 spiro atoms. The summed E-state index contributed by atoms with van der Waals surface area (Å²) in [7, 11) is 0. The Balaban J connectivity index is 0.0000000906. The lowest BCUT2D eigenvalue weighted by molar-refractivity contribution is 0.573. The standard InChI is InChI=1S/4C28H20N2O/c1-28(2)20-11-5-3-10-19(20)25-21(28)16-15-18-17-9-4-7-13-23(17)30(26(18)25)27-29-22-12-6-8-14-24(22)31-27;1-28(2)21-11-5-3-9-17(21)19-15-20-18-10-4-7-13-24(18)30(25(20)16-22(19)28)27-29-23-12-6-8-14-26(23)31-27;1-28(2)20-11-5-3-9-17(20)18-15-16-23-25(26(18)28)19-10-4-7-13-22(19)30(23)27-29-21-12-6-8-14-24(21)31-27;1-28(2)19-11-5-3-9-17(19)25-20(28)15-16-23-26(25)18-10-4-7-13-22(18)30(23)27-29-21-12-6-8-14-24(21)31-27/h4*3-16H,1-2H3. The Bertz CT molecular complexity index is 8430. The Morgan fingerprint density at radius 2 is 0.548 bits per heavy atom. The molecule has 12 heteroatoms. The number of oxazole rings is 4. The topological polar surface area (TPSA) is 124 Å². The molecule has 8 aromatic heterocycles. The van der Waals surface area contributed by atoms with Crippen LogP contribution < -0.4 is 0 Å². The van der Waals surface area contributed by atoms with E-state index in [4.69, 9.17) is 37.6 Å². The third-order valence-corrected chi connectivity index (χ3v) is 27.4. The first-order chi connectivity index (χ1) is 60.6. The summed E-state index contributed by atoms with van der Waals surface area (Å²) < 4.78 is 33.6. The zero-order valence-electron chi connectivity index (χ0n) is 69.5. The molecule has 592 valence electrons. The van der Waals surface area contributed by atoms with E-state index in [1.165, 1.54) is 138 Å². The van der Waals surface area contributed by atoms with Crippen molar-refractivity contribution in [3.05, 3.63) is 384 Å². The highest BCUT2D eigenvalue weighted by Gasteiger charge is 2.43. The summed E-state index contributed by atoms with van der Waals surface area (Å²) in [6.45, 7) is 18.6. The van der Waals surface area contributed by atoms with Crippen molar-refractivity contribution < 1.29 is 17.7 Å². The van der Waals surface area contributed by atoms with Crippen molar-refractivity contribution in [1.29, 1.82) is 0 Å². The van der Waals surface area contributed by atoms with Gasteiger partial charge in [0.2, 0.25) is 0 Å². The Labute approximate surface area is 712 Å². The number of hydrogen-bond acceptors (Lipinski definition) is 8. The fraction of sp³-hybridized carbons (Fsp3) is 0.107. The highest BCUT2D eigenvalue weighted by molar-refractivity contribution is 6.20. The van der Waals surface area contributed by atoms with Crippen LogP contribution in [0.15, 0.2) is 357 Å². The molecule has 0 aliphatic heterocycles. The molecule has 0 bridgehead atoms. The van der Waals surface area contributed by atoms with E-state index < -0.39 is 0 Å². The molecule has 4 aliphatic rings. The van der Waals surface area contributed by atoms with Gasteiger partial charge in [-0.2, -0.15) is 19.9 Å². The zero-order valence-corrected chi connectivity index (χ0v) is 69.5. The van der Waals surface area contributed by atoms with Gasteiger partial charge < -0.3 is 17.7 Å². The van der Waals surface area contributed by atoms with E-state index in [1.54, 1.807) is 0 Å². The lowest BCUT2D eigenvalue weighted by atomic mass is 9.80. The third kappa shape index (κ3) is 10.1. The van der Waals surface area contributed by atoms with Gasteiger partial charge in [-0.3, -0.25) is 18.3 Å². The van der Waals surface area contributed by atoms with Crippen LogP contribution in [-0.2, 0) is 21.7 Å². The summed E-state index contributed by atoms with van der Waals surface area (Å²) in [5.74, 6) is 0. The Morgan fingerprint density at radius 1 is 0.210 bits per heavy atom. The first kappa shape index (κ1) is 71.5. The number of para-hydroxylation sites is 12. The third-order valence-electron chi connectivity index (χ3n) is 27.4. The Hall–Kier alpha value is -15.4. The van der Waals surface area contributed by atoms with Crippen LogP contribution in [0.4, 0.5) is 0 Å². The van der Waals surface area contributed by atoms with Gasteiger partial charge in [-0.15, -0.1) is 0 Å². The summed E-state index contributed by atoms with van der Waals surface area (Å²) in [5.41, 5.74) is 37.1. The first-order valence-corrected chi connectivity index (χ1v) is 42.7. The van der Waals surface area contributed by atoms with Crippen molar-refractivity contribution in [1.82, 2.24) is 38.2 Å². The van der Waals surface area contributed by atoms with Crippen molar-refractivity contribution in [3.63, 3.8) is 0 Å². The molecule has 0 saturated heterocycles. The average molecular weight is 1600 g/mol. The summed E-state index contributed by atoms with van der Waals surface area (Å²) in [6.07, 6.45) is 0. The quantitative estimate of drug-likeness (QED) is 0.171. The maximum Gasteiger partial charge on any atom is 0.307 e. The van der Waals surface area contributed by atoms with Gasteiger partial charge in [0.05, 0.1) is 44.1 Å². The number of benzene rings is 16. The van der Waals surface area contributed by atoms with Gasteiger partial charge in [-0.05, 0) is 181 Å². The molecule has 0 saturated carbocycles. The zero-order chi connectivity index (χ0) is 83.0. The molecule has 0 fully saturated rings. The number of aromatic nitrogens is 8. The number of fused-ring (bicyclic) bond motifs is 31. The summed E-state index contributed by atoms with van der Waals surface area (Å²) >= 11 is 0. The molecule has 0 atom stereocenters. The van der Waals surface area contributed by atoms with Gasteiger partial charge in [0.25, 0.3) is 0 Å². The first-order valence-electron chi connectivity index (χ1n) is 42.7. The normalized spacial score (nSPS) is 14.4. The molecule has 12 nitrogen and oxygen atoms in total. The molecule has 24 aromatic rings. The predicted octanol–water partition coefficient (Wildman–Crippen LogP) is 28.9. The molecular weight excluding hydrogens is 1520 g/mol. The van der Waals surface area contributed by atoms with Crippen LogP contribution >= 0.6 is 0 Å². The van der Waals surface area contributed by atoms with E-state index in [0.29, 0.717) is 24.1 Å². The van der Waals surface area contributed by atoms with E-state index >= 15 is 0 Å². The fourth-order valence-electron chi connectivity index (χ4n) is 21.6. The lowest BCUT2D eigenvalue weighted by Crippen LogP contribution is -2.15. The second-order valence-electron chi connectivity index (χ2n) is 35.5. The summed E-state index contributed by atoms with van der Waals surface area (Å²) in [5, 5.41) is 9.90. The van der Waals surface area contributed by atoms with E-state index in [0.717, 1.165) is 83.0 Å². The van der Waals surface area contributed by atoms with Gasteiger partial charge in [0.1, 0.15) is 22.1 Å². The largest absolute Gasteiger partial charge is 0.423 e. The Morgan fingerprint density at radius 3 is 1.06 bits per heavy atom. The number of nitrogens with zero attached hydrogens (tertiary/aromatic N) is 8. The van der Waals surface area contributed by atoms with Crippen molar-refractivity contribution in [3.8, 4) is 68.6 Å². The van der Waals surface area contributed by atoms with Gasteiger partial charge in [0, 0.05) is 70.3 Å². The van der Waals surface area contributed by atoms with Gasteiger partial charge in [-0.1, -0.05) is 298 Å². The van der Waals surface area contributed by atoms with Crippen LogP contribution in [0.1, 0.15) is 99.9 Å². The van der Waals surface area contributed by atoms with Crippen LogP contribution in [-0.4, -0.2) is 38.2 Å². The van der Waals surface area contributed by atoms with Crippen molar-refractivity contribution in [2.24, 2.45) is 0 Å². The maximum absolute atomic E-state index is 6.28. The molecule has 124 heavy (non-hydrogen) atoms. The second-order valence-corrected chi connectivity index (χ2v) is 35.5. The molecule has 8 heterocycles. The fourth-order valence-corrected chi connectivity index (χ4v) is 21.6. The summed E-state index contributed by atoms with van der Waals surface area (Å²) in [4.78, 5) is 19.3. The minimum Gasteiger partial charge on any atom is -0.423 e. The van der Waals surface area contributed by atoms with E-state index in [9.17, 15) is 0 Å². The lowest BCUT2D eigenvalue weighted by Gasteiger charge is -2.22. The van der Waals surface area contributed by atoms with Crippen molar-refractivity contribution in [2.45, 2.75) is 77.0 Å². The highest BCUT2D eigenvalue weighted by Crippen LogP contribution is 2.58. The SMILES string of the molecule is CC1(C)c2ccccc2-c2c1ccc1c2c2ccccc2n1-c1nc2ccccc2o1.CC1(C)c2ccccc2-c2c1ccc1c3ccccc3n(-c3nc4ccccc4o3)c21.CC1(C)c2ccccc2-c2cc3c4ccccc4n(-c4nc5ccccc5o4)c3cc21.CC1(C)c2ccccc2-c2ccc3c(c21)c1ccccc1n3-c1nc2ccccc2o1. The molecule has 28 rings (SSSR count). The van der Waals surface area contributed by atoms with E-state index in [1.807, 2.05) is 97.1 Å². The minimum absolute atomic E-state index is 0.0269. The monoisotopic (exact) mass is 1600 g/mol. The second kappa shape index (κ2) is 26.1. The molecule has 16 aromatic carbocycles. The number of rotatable bonds is 4. The molecule has 0 unspecified atom stereocenters. The van der Waals surface area contributed by atoms with Crippen LogP contribution in [0.2, 0.25) is 0 Å². The molecular formula is C112H80N8O4. The van der Waals surface area contributed by atoms with Crippen LogP contribution in [0.25, 0.3) is 200 Å². The van der Waals surface area contributed by atoms with Crippen LogP contribution in [0, 0.1) is 0 Å². The van der Waals surface area contributed by atoms with E-state index in [2.05, 4.69) is 316 Å². The van der Waals surface area contributed by atoms with Gasteiger partial charge in [-0.25, -0.2) is 0 Å². The minimum atomic E-state index is -0.0816. The maximum atomic E-state index is 6.28. The molecule has 4 aliphatic carbocycles. The number of hydrogen-bond donors (Lipinski definition) is 0. The molecule has 0 N–H and O–H groups in total. The molecule has 0 amide bonds. The van der Waals surface area contributed by atoms with Crippen molar-refractivity contribution in [2.75, 3.05) is 0 Å². The van der Waals surface area contributed by atoms with Crippen LogP contribution in [0.3, 0.4) is 0 Å². The summed E-state index contributed by atoms with van der Waals surface area (Å²) in [6, 6.07) is 122. The highest BCUT2D eigenvalue weighted by atomic mass is 16.4. The van der Waals surface area contributed by atoms with Crippen LogP contribution in [0.5, 0.6) is 0 Å². The van der Waals surface area contributed by atoms with Gasteiger partial charge >= 0.3 is 24.1 Å². The smallest absolute Gasteiger partial charge is 0.307 e. The van der Waals surface area contributed by atoms with Gasteiger partial charge in [0.15, 0.2) is 22.3 Å². The molecule has 0 radical (unpaired) electrons.